The fourth-order valence-electron chi connectivity index (χ4n) is 1.64. The maximum Gasteiger partial charge on any atom is 0.322 e. The zero-order chi connectivity index (χ0) is 14.5. The SMILES string of the molecule is CCOc1nc(Cl)nc(NC(C)c2cccc(Cl)c2)n1. The smallest absolute Gasteiger partial charge is 0.322 e. The lowest BCUT2D eigenvalue weighted by atomic mass is 10.1. The second-order valence-corrected chi connectivity index (χ2v) is 4.84. The van der Waals surface area contributed by atoms with E-state index < -0.39 is 0 Å². The topological polar surface area (TPSA) is 59.9 Å². The van der Waals surface area contributed by atoms with Crippen molar-refractivity contribution in [1.29, 1.82) is 0 Å². The van der Waals surface area contributed by atoms with Crippen LogP contribution in [-0.2, 0) is 0 Å². The number of hydrogen-bond acceptors (Lipinski definition) is 5. The summed E-state index contributed by atoms with van der Waals surface area (Å²) in [6.07, 6.45) is 0. The summed E-state index contributed by atoms with van der Waals surface area (Å²) in [4.78, 5) is 12.0. The van der Waals surface area contributed by atoms with Crippen molar-refractivity contribution >= 4 is 29.2 Å². The van der Waals surface area contributed by atoms with Crippen molar-refractivity contribution in [3.05, 3.63) is 40.1 Å². The zero-order valence-electron chi connectivity index (χ0n) is 11.1. The molecule has 2 aromatic rings. The average molecular weight is 313 g/mol. The Kier molecular flexibility index (Phi) is 4.98. The molecule has 5 nitrogen and oxygen atoms in total. The van der Waals surface area contributed by atoms with Crippen LogP contribution < -0.4 is 10.1 Å². The van der Waals surface area contributed by atoms with Crippen LogP contribution in [-0.4, -0.2) is 21.6 Å². The summed E-state index contributed by atoms with van der Waals surface area (Å²) in [6.45, 7) is 4.28. The third kappa shape index (κ3) is 3.95. The Bertz CT molecular complexity index is 594. The minimum atomic E-state index is -0.0263. The highest BCUT2D eigenvalue weighted by atomic mass is 35.5. The lowest BCUT2D eigenvalue weighted by molar-refractivity contribution is 0.312. The molecule has 0 aliphatic heterocycles. The molecular formula is C13H14Cl2N4O. The van der Waals surface area contributed by atoms with Crippen LogP contribution in [0.1, 0.15) is 25.5 Å². The molecule has 7 heteroatoms. The molecule has 0 bridgehead atoms. The summed E-state index contributed by atoms with van der Waals surface area (Å²) in [6, 6.07) is 7.74. The molecule has 0 aliphatic carbocycles. The van der Waals surface area contributed by atoms with Crippen molar-refractivity contribution < 1.29 is 4.74 Å². The fraction of sp³-hybridized carbons (Fsp3) is 0.308. The summed E-state index contributed by atoms with van der Waals surface area (Å²) in [7, 11) is 0. The third-order valence-corrected chi connectivity index (χ3v) is 2.96. The summed E-state index contributed by atoms with van der Waals surface area (Å²) in [5.74, 6) is 0.362. The van der Waals surface area contributed by atoms with E-state index in [1.165, 1.54) is 0 Å². The molecule has 0 saturated carbocycles. The van der Waals surface area contributed by atoms with Crippen molar-refractivity contribution in [2.45, 2.75) is 19.9 Å². The van der Waals surface area contributed by atoms with Crippen molar-refractivity contribution in [2.24, 2.45) is 0 Å². The first-order valence-electron chi connectivity index (χ1n) is 6.15. The molecule has 0 radical (unpaired) electrons. The molecule has 1 aromatic carbocycles. The van der Waals surface area contributed by atoms with Gasteiger partial charge < -0.3 is 10.1 Å². The molecule has 2 rings (SSSR count). The maximum absolute atomic E-state index is 5.97. The summed E-state index contributed by atoms with van der Waals surface area (Å²) < 4.78 is 5.23. The van der Waals surface area contributed by atoms with Gasteiger partial charge in [0.05, 0.1) is 12.6 Å². The van der Waals surface area contributed by atoms with Gasteiger partial charge in [-0.15, -0.1) is 0 Å². The number of aromatic nitrogens is 3. The van der Waals surface area contributed by atoms with Gasteiger partial charge in [0.1, 0.15) is 0 Å². The number of nitrogens with one attached hydrogen (secondary N) is 1. The first kappa shape index (κ1) is 14.8. The van der Waals surface area contributed by atoms with Crippen molar-refractivity contribution in [3.8, 4) is 6.01 Å². The predicted molar refractivity (Wildman–Crippen MR) is 79.5 cm³/mol. The van der Waals surface area contributed by atoms with Crippen LogP contribution in [0.5, 0.6) is 6.01 Å². The molecule has 20 heavy (non-hydrogen) atoms. The first-order chi connectivity index (χ1) is 9.58. The number of rotatable bonds is 5. The zero-order valence-corrected chi connectivity index (χ0v) is 12.6. The fourth-order valence-corrected chi connectivity index (χ4v) is 1.99. The van der Waals surface area contributed by atoms with E-state index in [1.54, 1.807) is 0 Å². The molecule has 1 aromatic heterocycles. The predicted octanol–water partition coefficient (Wildman–Crippen LogP) is 3.75. The molecule has 1 atom stereocenters. The Balaban J connectivity index is 2.16. The van der Waals surface area contributed by atoms with E-state index in [-0.39, 0.29) is 17.3 Å². The van der Waals surface area contributed by atoms with Crippen LogP contribution in [0.3, 0.4) is 0 Å². The molecule has 106 valence electrons. The van der Waals surface area contributed by atoms with Crippen LogP contribution in [0.15, 0.2) is 24.3 Å². The van der Waals surface area contributed by atoms with Gasteiger partial charge in [-0.25, -0.2) is 0 Å². The molecule has 0 saturated heterocycles. The van der Waals surface area contributed by atoms with Gasteiger partial charge in [-0.2, -0.15) is 15.0 Å². The minimum Gasteiger partial charge on any atom is -0.464 e. The number of ether oxygens (including phenoxy) is 1. The Morgan fingerprint density at radius 1 is 1.25 bits per heavy atom. The van der Waals surface area contributed by atoms with Gasteiger partial charge in [0.15, 0.2) is 0 Å². The lowest BCUT2D eigenvalue weighted by Crippen LogP contribution is -2.11. The highest BCUT2D eigenvalue weighted by Gasteiger charge is 2.10. The van der Waals surface area contributed by atoms with Crippen LogP contribution >= 0.6 is 23.2 Å². The van der Waals surface area contributed by atoms with Crippen molar-refractivity contribution in [2.75, 3.05) is 11.9 Å². The normalized spacial score (nSPS) is 12.0. The number of nitrogens with zero attached hydrogens (tertiary/aromatic N) is 3. The minimum absolute atomic E-state index is 0.0263. The van der Waals surface area contributed by atoms with Gasteiger partial charge in [0.25, 0.3) is 0 Å². The average Bonchev–Trinajstić information content (AvgIpc) is 2.38. The van der Waals surface area contributed by atoms with Gasteiger partial charge in [-0.3, -0.25) is 0 Å². The Hall–Kier alpha value is -1.59. The lowest BCUT2D eigenvalue weighted by Gasteiger charge is -2.14. The van der Waals surface area contributed by atoms with Crippen molar-refractivity contribution in [3.63, 3.8) is 0 Å². The third-order valence-electron chi connectivity index (χ3n) is 2.56. The number of anilines is 1. The van der Waals surface area contributed by atoms with Gasteiger partial charge in [-0.05, 0) is 43.1 Å². The quantitative estimate of drug-likeness (QED) is 0.911. The summed E-state index contributed by atoms with van der Waals surface area (Å²) in [5.41, 5.74) is 1.02. The first-order valence-corrected chi connectivity index (χ1v) is 6.90. The molecule has 1 N–H and O–H groups in total. The Labute approximate surface area is 127 Å². The number of halogens is 2. The second kappa shape index (κ2) is 6.72. The molecule has 1 unspecified atom stereocenters. The summed E-state index contributed by atoms with van der Waals surface area (Å²) >= 11 is 11.8. The van der Waals surface area contributed by atoms with Crippen LogP contribution in [0.25, 0.3) is 0 Å². The van der Waals surface area contributed by atoms with E-state index in [0.29, 0.717) is 17.6 Å². The maximum atomic E-state index is 5.97. The van der Waals surface area contributed by atoms with Crippen LogP contribution in [0, 0.1) is 0 Å². The van der Waals surface area contributed by atoms with E-state index in [9.17, 15) is 0 Å². The Morgan fingerprint density at radius 2 is 2.05 bits per heavy atom. The van der Waals surface area contributed by atoms with E-state index in [1.807, 2.05) is 38.1 Å². The van der Waals surface area contributed by atoms with E-state index in [2.05, 4.69) is 20.3 Å². The molecule has 0 fully saturated rings. The largest absolute Gasteiger partial charge is 0.464 e. The standard InChI is InChI=1S/C13H14Cl2N4O/c1-3-20-13-18-11(15)17-12(19-13)16-8(2)9-5-4-6-10(14)7-9/h4-8H,3H2,1-2H3,(H,16,17,18,19). The molecule has 1 heterocycles. The number of hydrogen-bond donors (Lipinski definition) is 1. The van der Waals surface area contributed by atoms with Gasteiger partial charge in [0, 0.05) is 5.02 Å². The van der Waals surface area contributed by atoms with E-state index in [4.69, 9.17) is 27.9 Å². The molecular weight excluding hydrogens is 299 g/mol. The number of benzene rings is 1. The van der Waals surface area contributed by atoms with Crippen LogP contribution in [0.4, 0.5) is 5.95 Å². The van der Waals surface area contributed by atoms with Crippen molar-refractivity contribution in [1.82, 2.24) is 15.0 Å². The van der Waals surface area contributed by atoms with Gasteiger partial charge in [-0.1, -0.05) is 23.7 Å². The second-order valence-electron chi connectivity index (χ2n) is 4.06. The van der Waals surface area contributed by atoms with Gasteiger partial charge >= 0.3 is 6.01 Å². The van der Waals surface area contributed by atoms with Gasteiger partial charge in [0.2, 0.25) is 11.2 Å². The highest BCUT2D eigenvalue weighted by molar-refractivity contribution is 6.30. The molecule has 0 spiro atoms. The monoisotopic (exact) mass is 312 g/mol. The Morgan fingerprint density at radius 3 is 2.75 bits per heavy atom. The van der Waals surface area contributed by atoms with E-state index in [0.717, 1.165) is 5.56 Å². The molecule has 0 amide bonds. The molecule has 0 aliphatic rings. The van der Waals surface area contributed by atoms with Crippen LogP contribution in [0.2, 0.25) is 10.3 Å². The van der Waals surface area contributed by atoms with E-state index >= 15 is 0 Å². The highest BCUT2D eigenvalue weighted by Crippen LogP contribution is 2.21. The summed E-state index contributed by atoms with van der Waals surface area (Å²) in [5, 5.41) is 3.91.